The van der Waals surface area contributed by atoms with Crippen LogP contribution in [0.3, 0.4) is 0 Å². The molecule has 192 valence electrons. The number of anilines is 1. The summed E-state index contributed by atoms with van der Waals surface area (Å²) in [6, 6.07) is 18.7. The Morgan fingerprint density at radius 3 is 2.38 bits per heavy atom. The van der Waals surface area contributed by atoms with E-state index >= 15 is 0 Å². The number of benzene rings is 3. The van der Waals surface area contributed by atoms with Gasteiger partial charge in [-0.1, -0.05) is 36.4 Å². The molecule has 0 unspecified atom stereocenters. The van der Waals surface area contributed by atoms with Gasteiger partial charge in [0.15, 0.2) is 0 Å². The van der Waals surface area contributed by atoms with Crippen LogP contribution in [0.1, 0.15) is 38.8 Å². The average Bonchev–Trinajstić information content (AvgIpc) is 3.30. The Labute approximate surface area is 215 Å². The molecule has 4 aromatic rings. The van der Waals surface area contributed by atoms with E-state index in [1.165, 1.54) is 33.8 Å². The maximum absolute atomic E-state index is 14.0. The molecule has 2 amide bonds. The number of para-hydroxylation sites is 1. The number of ether oxygens (including phenoxy) is 1. The molecule has 1 heterocycles. The Kier molecular flexibility index (Phi) is 7.52. The van der Waals surface area contributed by atoms with Gasteiger partial charge in [0.2, 0.25) is 11.8 Å². The van der Waals surface area contributed by atoms with Crippen molar-refractivity contribution in [1.82, 2.24) is 20.3 Å². The summed E-state index contributed by atoms with van der Waals surface area (Å²) >= 11 is 0. The molecule has 0 radical (unpaired) electrons. The molecule has 0 fully saturated rings. The van der Waals surface area contributed by atoms with E-state index in [1.54, 1.807) is 31.4 Å². The lowest BCUT2D eigenvalue weighted by molar-refractivity contribution is -0.128. The first kappa shape index (κ1) is 25.8. The number of hydrogen-bond acceptors (Lipinski definition) is 5. The lowest BCUT2D eigenvalue weighted by Crippen LogP contribution is -2.51. The van der Waals surface area contributed by atoms with Crippen molar-refractivity contribution in [3.05, 3.63) is 84.2 Å². The summed E-state index contributed by atoms with van der Waals surface area (Å²) in [5, 5.41) is 11.3. The molecule has 0 aliphatic carbocycles. The van der Waals surface area contributed by atoms with Crippen LogP contribution in [-0.4, -0.2) is 39.5 Å². The Balaban J connectivity index is 1.81. The van der Waals surface area contributed by atoms with Gasteiger partial charge in [-0.3, -0.25) is 14.5 Å². The van der Waals surface area contributed by atoms with Crippen LogP contribution in [0.15, 0.2) is 72.8 Å². The summed E-state index contributed by atoms with van der Waals surface area (Å²) in [6.07, 6.45) is 0.677. The van der Waals surface area contributed by atoms with E-state index in [0.717, 1.165) is 0 Å². The number of hydrogen-bond donors (Lipinski definition) is 1. The van der Waals surface area contributed by atoms with Crippen LogP contribution in [0, 0.1) is 5.82 Å². The van der Waals surface area contributed by atoms with Crippen LogP contribution in [0.25, 0.3) is 11.0 Å². The lowest BCUT2D eigenvalue weighted by Gasteiger charge is -2.34. The molecule has 9 heteroatoms. The maximum atomic E-state index is 14.0. The second-order valence-corrected chi connectivity index (χ2v) is 9.38. The van der Waals surface area contributed by atoms with Gasteiger partial charge in [-0.05, 0) is 74.4 Å². The van der Waals surface area contributed by atoms with Gasteiger partial charge < -0.3 is 10.1 Å². The highest BCUT2D eigenvalue weighted by molar-refractivity contribution is 6.01. The standard InChI is InChI=1S/C28H30FN5O3/c1-5-28(2,3)30-27(36)26(19-10-12-20(29)13-11-19)34(21-14-16-22(37-4)17-15-21)25(35)18-33-24-9-7-6-8-23(24)31-32-33/h6-17,26H,5,18H2,1-4H3,(H,30,36)/t26-/m1/s1. The number of halogens is 1. The Morgan fingerprint density at radius 1 is 1.05 bits per heavy atom. The van der Waals surface area contributed by atoms with Gasteiger partial charge in [-0.2, -0.15) is 0 Å². The first-order valence-electron chi connectivity index (χ1n) is 12.0. The minimum atomic E-state index is -1.07. The van der Waals surface area contributed by atoms with Crippen molar-refractivity contribution in [2.45, 2.75) is 45.3 Å². The fourth-order valence-electron chi connectivity index (χ4n) is 3.97. The second-order valence-electron chi connectivity index (χ2n) is 9.38. The Bertz CT molecular complexity index is 1380. The molecule has 0 saturated heterocycles. The summed E-state index contributed by atoms with van der Waals surface area (Å²) in [7, 11) is 1.55. The molecule has 0 bridgehead atoms. The monoisotopic (exact) mass is 503 g/mol. The molecular weight excluding hydrogens is 473 g/mol. The van der Waals surface area contributed by atoms with E-state index in [1.807, 2.05) is 45.0 Å². The van der Waals surface area contributed by atoms with Gasteiger partial charge in [-0.15, -0.1) is 5.10 Å². The molecule has 1 aromatic heterocycles. The Hall–Kier alpha value is -4.27. The van der Waals surface area contributed by atoms with Gasteiger partial charge in [0, 0.05) is 11.2 Å². The van der Waals surface area contributed by atoms with Crippen LogP contribution in [0.2, 0.25) is 0 Å². The third-order valence-corrected chi connectivity index (χ3v) is 6.36. The number of carbonyl (C=O) groups is 2. The number of nitrogens with zero attached hydrogens (tertiary/aromatic N) is 4. The molecule has 3 aromatic carbocycles. The summed E-state index contributed by atoms with van der Waals surface area (Å²) in [5.74, 6) is -0.604. The number of amides is 2. The van der Waals surface area contributed by atoms with Crippen molar-refractivity contribution in [3.63, 3.8) is 0 Å². The normalized spacial score (nSPS) is 12.2. The number of aromatic nitrogens is 3. The summed E-state index contributed by atoms with van der Waals surface area (Å²) in [6.45, 7) is 5.63. The SMILES string of the molecule is CCC(C)(C)NC(=O)[C@@H](c1ccc(F)cc1)N(C(=O)Cn1nnc2ccccc21)c1ccc(OC)cc1. The molecule has 0 aliphatic rings. The zero-order chi connectivity index (χ0) is 26.6. The van der Waals surface area contributed by atoms with E-state index in [0.29, 0.717) is 34.5 Å². The van der Waals surface area contributed by atoms with Crippen molar-refractivity contribution in [1.29, 1.82) is 0 Å². The third kappa shape index (κ3) is 5.77. The number of carbonyl (C=O) groups excluding carboxylic acids is 2. The average molecular weight is 504 g/mol. The van der Waals surface area contributed by atoms with Crippen molar-refractivity contribution in [2.75, 3.05) is 12.0 Å². The predicted molar refractivity (Wildman–Crippen MR) is 140 cm³/mol. The lowest BCUT2D eigenvalue weighted by atomic mass is 9.98. The van der Waals surface area contributed by atoms with Crippen molar-refractivity contribution >= 4 is 28.5 Å². The number of nitrogens with one attached hydrogen (secondary N) is 1. The largest absolute Gasteiger partial charge is 0.497 e. The zero-order valence-electron chi connectivity index (χ0n) is 21.3. The first-order valence-corrected chi connectivity index (χ1v) is 12.0. The van der Waals surface area contributed by atoms with E-state index in [4.69, 9.17) is 4.74 Å². The topological polar surface area (TPSA) is 89.4 Å². The molecule has 0 spiro atoms. The van der Waals surface area contributed by atoms with Gasteiger partial charge in [0.25, 0.3) is 0 Å². The first-order chi connectivity index (χ1) is 17.7. The van der Waals surface area contributed by atoms with Crippen LogP contribution >= 0.6 is 0 Å². The molecule has 0 aliphatic heterocycles. The highest BCUT2D eigenvalue weighted by Gasteiger charge is 2.35. The molecule has 37 heavy (non-hydrogen) atoms. The van der Waals surface area contributed by atoms with E-state index in [9.17, 15) is 14.0 Å². The molecule has 1 atom stereocenters. The minimum absolute atomic E-state index is 0.158. The van der Waals surface area contributed by atoms with Gasteiger partial charge in [0.1, 0.15) is 29.7 Å². The maximum Gasteiger partial charge on any atom is 0.249 e. The fourth-order valence-corrected chi connectivity index (χ4v) is 3.97. The molecule has 0 saturated carbocycles. The number of methoxy groups -OCH3 is 1. The predicted octanol–water partition coefficient (Wildman–Crippen LogP) is 4.66. The van der Waals surface area contributed by atoms with E-state index < -0.39 is 17.4 Å². The number of rotatable bonds is 9. The third-order valence-electron chi connectivity index (χ3n) is 6.36. The fraction of sp³-hybridized carbons (Fsp3) is 0.286. The summed E-state index contributed by atoms with van der Waals surface area (Å²) in [5.41, 5.74) is 1.78. The minimum Gasteiger partial charge on any atom is -0.497 e. The van der Waals surface area contributed by atoms with E-state index in [-0.39, 0.29) is 18.4 Å². The second kappa shape index (κ2) is 10.8. The highest BCUT2D eigenvalue weighted by atomic mass is 19.1. The van der Waals surface area contributed by atoms with Gasteiger partial charge in [0.05, 0.1) is 12.6 Å². The van der Waals surface area contributed by atoms with Gasteiger partial charge >= 0.3 is 0 Å². The highest BCUT2D eigenvalue weighted by Crippen LogP contribution is 2.31. The smallest absolute Gasteiger partial charge is 0.249 e. The van der Waals surface area contributed by atoms with Crippen molar-refractivity contribution in [2.24, 2.45) is 0 Å². The van der Waals surface area contributed by atoms with Crippen LogP contribution in [0.5, 0.6) is 5.75 Å². The van der Waals surface area contributed by atoms with Crippen LogP contribution < -0.4 is 15.0 Å². The van der Waals surface area contributed by atoms with Crippen LogP contribution in [0.4, 0.5) is 10.1 Å². The molecular formula is C28H30FN5O3. The summed E-state index contributed by atoms with van der Waals surface area (Å²) < 4.78 is 20.6. The molecule has 4 rings (SSSR count). The van der Waals surface area contributed by atoms with E-state index in [2.05, 4.69) is 15.6 Å². The zero-order valence-corrected chi connectivity index (χ0v) is 21.3. The van der Waals surface area contributed by atoms with Crippen molar-refractivity contribution < 1.29 is 18.7 Å². The molecule has 1 N–H and O–H groups in total. The molecule has 8 nitrogen and oxygen atoms in total. The van der Waals surface area contributed by atoms with Crippen molar-refractivity contribution in [3.8, 4) is 5.75 Å². The Morgan fingerprint density at radius 2 is 1.73 bits per heavy atom. The van der Waals surface area contributed by atoms with Gasteiger partial charge in [-0.25, -0.2) is 9.07 Å². The number of fused-ring (bicyclic) bond motifs is 1. The summed E-state index contributed by atoms with van der Waals surface area (Å²) in [4.78, 5) is 29.2. The van der Waals surface area contributed by atoms with Crippen LogP contribution in [-0.2, 0) is 16.1 Å². The quantitative estimate of drug-likeness (QED) is 0.359.